The van der Waals surface area contributed by atoms with Crippen molar-refractivity contribution < 1.29 is 21.6 Å². The van der Waals surface area contributed by atoms with Gasteiger partial charge in [0.2, 0.25) is 0 Å². The van der Waals surface area contributed by atoms with Crippen molar-refractivity contribution in [3.63, 3.8) is 0 Å². The first-order chi connectivity index (χ1) is 10.4. The summed E-state index contributed by atoms with van der Waals surface area (Å²) in [5.41, 5.74) is 0.625. The van der Waals surface area contributed by atoms with E-state index in [-0.39, 0.29) is 6.42 Å². The second-order valence-corrected chi connectivity index (χ2v) is 8.05. The molecular formula is C16H20BFO4S. The summed E-state index contributed by atoms with van der Waals surface area (Å²) in [6, 6.07) is 2.52. The van der Waals surface area contributed by atoms with Crippen LogP contribution in [0.1, 0.15) is 38.8 Å². The van der Waals surface area contributed by atoms with E-state index in [2.05, 4.69) is 5.92 Å². The van der Waals surface area contributed by atoms with Crippen molar-refractivity contribution >= 4 is 22.8 Å². The summed E-state index contributed by atoms with van der Waals surface area (Å²) >= 11 is 0. The lowest BCUT2D eigenvalue weighted by Gasteiger charge is -2.32. The predicted octanol–water partition coefficient (Wildman–Crippen LogP) is 2.13. The topological polar surface area (TPSA) is 52.6 Å². The van der Waals surface area contributed by atoms with Crippen LogP contribution in [0.4, 0.5) is 3.89 Å². The van der Waals surface area contributed by atoms with Gasteiger partial charge in [-0.1, -0.05) is 0 Å². The van der Waals surface area contributed by atoms with Crippen LogP contribution < -0.4 is 5.46 Å². The maximum Gasteiger partial charge on any atom is 0.495 e. The molecule has 0 radical (unpaired) electrons. The van der Waals surface area contributed by atoms with Gasteiger partial charge < -0.3 is 9.31 Å². The first-order valence-corrected chi connectivity index (χ1v) is 8.64. The zero-order valence-corrected chi connectivity index (χ0v) is 14.8. The highest BCUT2D eigenvalue weighted by Crippen LogP contribution is 2.37. The van der Waals surface area contributed by atoms with Crippen LogP contribution in [0.15, 0.2) is 17.0 Å². The van der Waals surface area contributed by atoms with Crippen molar-refractivity contribution in [3.05, 3.63) is 23.3 Å². The summed E-state index contributed by atoms with van der Waals surface area (Å²) in [6.07, 6.45) is 5.52. The zero-order chi connectivity index (χ0) is 17.6. The fraction of sp³-hybridized carbons (Fsp3) is 0.500. The van der Waals surface area contributed by atoms with Crippen LogP contribution in [0.25, 0.3) is 0 Å². The van der Waals surface area contributed by atoms with Crippen LogP contribution in [0.2, 0.25) is 0 Å². The number of benzene rings is 1. The molecule has 0 saturated carbocycles. The number of terminal acetylenes is 1. The molecule has 0 bridgehead atoms. The Morgan fingerprint density at radius 3 is 2.17 bits per heavy atom. The first-order valence-electron chi connectivity index (χ1n) is 7.26. The molecule has 2 rings (SSSR count). The van der Waals surface area contributed by atoms with Crippen molar-refractivity contribution in [2.75, 3.05) is 0 Å². The molecule has 7 heteroatoms. The van der Waals surface area contributed by atoms with E-state index < -0.39 is 33.4 Å². The van der Waals surface area contributed by atoms with Crippen LogP contribution in [-0.2, 0) is 26.0 Å². The Labute approximate surface area is 137 Å². The van der Waals surface area contributed by atoms with Gasteiger partial charge in [0, 0.05) is 6.42 Å². The Morgan fingerprint density at radius 1 is 1.22 bits per heavy atom. The average Bonchev–Trinajstić information content (AvgIpc) is 2.59. The molecule has 0 N–H and O–H groups in total. The molecule has 1 aliphatic rings. The van der Waals surface area contributed by atoms with Gasteiger partial charge in [-0.05, 0) is 63.3 Å². The standard InChI is InChI=1S/C16H20BFO4S/c1-7-8-12-9-13(23(18,19)20)10-14(11(12)2)17-21-15(3,4)16(5,6)22-17/h1,9-10H,8H2,2-6H3. The molecule has 23 heavy (non-hydrogen) atoms. The minimum Gasteiger partial charge on any atom is -0.399 e. The molecule has 1 aliphatic heterocycles. The summed E-state index contributed by atoms with van der Waals surface area (Å²) in [7, 11) is -5.63. The van der Waals surface area contributed by atoms with E-state index in [1.54, 1.807) is 6.92 Å². The van der Waals surface area contributed by atoms with Crippen LogP contribution >= 0.6 is 0 Å². The second-order valence-electron chi connectivity index (χ2n) is 6.70. The zero-order valence-electron chi connectivity index (χ0n) is 13.9. The minimum absolute atomic E-state index is 0.196. The summed E-state index contributed by atoms with van der Waals surface area (Å²) in [4.78, 5) is -0.432. The summed E-state index contributed by atoms with van der Waals surface area (Å²) < 4.78 is 48.0. The molecule has 1 aromatic rings. The Balaban J connectivity index is 2.59. The van der Waals surface area contributed by atoms with Crippen molar-refractivity contribution in [1.29, 1.82) is 0 Å². The highest BCUT2D eigenvalue weighted by Gasteiger charge is 2.52. The van der Waals surface area contributed by atoms with Gasteiger partial charge >= 0.3 is 17.3 Å². The largest absolute Gasteiger partial charge is 0.495 e. The summed E-state index contributed by atoms with van der Waals surface area (Å²) in [5, 5.41) is 0. The molecule has 0 amide bonds. The quantitative estimate of drug-likeness (QED) is 0.481. The summed E-state index contributed by atoms with van der Waals surface area (Å²) in [5.74, 6) is 2.45. The second kappa shape index (κ2) is 5.62. The molecule has 0 spiro atoms. The van der Waals surface area contributed by atoms with E-state index >= 15 is 0 Å². The van der Waals surface area contributed by atoms with Crippen LogP contribution in [0.5, 0.6) is 0 Å². The molecule has 0 aliphatic carbocycles. The smallest absolute Gasteiger partial charge is 0.399 e. The number of hydrogen-bond donors (Lipinski definition) is 0. The van der Waals surface area contributed by atoms with E-state index in [0.29, 0.717) is 11.0 Å². The lowest BCUT2D eigenvalue weighted by molar-refractivity contribution is 0.00578. The first kappa shape index (κ1) is 18.0. The summed E-state index contributed by atoms with van der Waals surface area (Å²) in [6.45, 7) is 9.35. The number of rotatable bonds is 3. The fourth-order valence-electron chi connectivity index (χ4n) is 2.42. The van der Waals surface area contributed by atoms with Gasteiger partial charge in [-0.15, -0.1) is 16.2 Å². The molecule has 1 aromatic carbocycles. The highest BCUT2D eigenvalue weighted by molar-refractivity contribution is 7.86. The molecule has 0 atom stereocenters. The lowest BCUT2D eigenvalue weighted by atomic mass is 9.75. The van der Waals surface area contributed by atoms with Crippen molar-refractivity contribution in [2.45, 2.75) is 57.1 Å². The Morgan fingerprint density at radius 2 is 1.74 bits per heavy atom. The molecule has 1 fully saturated rings. The SMILES string of the molecule is C#CCc1cc(S(=O)(=O)F)cc(B2OC(C)(C)C(C)(C)O2)c1C. The van der Waals surface area contributed by atoms with E-state index in [1.807, 2.05) is 27.7 Å². The molecular weight excluding hydrogens is 318 g/mol. The monoisotopic (exact) mass is 338 g/mol. The predicted molar refractivity (Wildman–Crippen MR) is 87.7 cm³/mol. The third-order valence-electron chi connectivity index (χ3n) is 4.61. The van der Waals surface area contributed by atoms with Crippen LogP contribution in [0, 0.1) is 19.3 Å². The Hall–Kier alpha value is -1.36. The van der Waals surface area contributed by atoms with Gasteiger partial charge in [0.1, 0.15) is 0 Å². The lowest BCUT2D eigenvalue weighted by Crippen LogP contribution is -2.41. The van der Waals surface area contributed by atoms with E-state index in [4.69, 9.17) is 15.7 Å². The van der Waals surface area contributed by atoms with Gasteiger partial charge in [0.05, 0.1) is 16.1 Å². The van der Waals surface area contributed by atoms with Crippen molar-refractivity contribution in [2.24, 2.45) is 0 Å². The van der Waals surface area contributed by atoms with Crippen molar-refractivity contribution in [3.8, 4) is 12.3 Å². The van der Waals surface area contributed by atoms with Crippen LogP contribution in [-0.4, -0.2) is 26.7 Å². The van der Waals surface area contributed by atoms with Gasteiger partial charge in [-0.3, -0.25) is 0 Å². The molecule has 0 unspecified atom stereocenters. The van der Waals surface area contributed by atoms with Gasteiger partial charge in [0.15, 0.2) is 0 Å². The highest BCUT2D eigenvalue weighted by atomic mass is 32.3. The average molecular weight is 338 g/mol. The fourth-order valence-corrected chi connectivity index (χ4v) is 2.97. The Kier molecular flexibility index (Phi) is 4.40. The molecule has 4 nitrogen and oxygen atoms in total. The number of hydrogen-bond acceptors (Lipinski definition) is 4. The Bertz CT molecular complexity index is 762. The molecule has 0 aromatic heterocycles. The molecule has 1 saturated heterocycles. The van der Waals surface area contributed by atoms with Crippen molar-refractivity contribution in [1.82, 2.24) is 0 Å². The van der Waals surface area contributed by atoms with Gasteiger partial charge in [-0.25, -0.2) is 0 Å². The van der Waals surface area contributed by atoms with Gasteiger partial charge in [0.25, 0.3) is 0 Å². The number of halogens is 1. The van der Waals surface area contributed by atoms with E-state index in [9.17, 15) is 12.3 Å². The third kappa shape index (κ3) is 3.30. The van der Waals surface area contributed by atoms with E-state index in [1.165, 1.54) is 12.1 Å². The maximum absolute atomic E-state index is 13.5. The normalized spacial score (nSPS) is 19.6. The third-order valence-corrected chi connectivity index (χ3v) is 5.41. The maximum atomic E-state index is 13.5. The molecule has 124 valence electrons. The van der Waals surface area contributed by atoms with Crippen LogP contribution in [0.3, 0.4) is 0 Å². The molecule has 1 heterocycles. The van der Waals surface area contributed by atoms with E-state index in [0.717, 1.165) is 5.56 Å². The van der Waals surface area contributed by atoms with Gasteiger partial charge in [-0.2, -0.15) is 8.42 Å². The minimum atomic E-state index is -4.85.